The lowest BCUT2D eigenvalue weighted by atomic mass is 9.81. The third-order valence-electron chi connectivity index (χ3n) is 3.93. The molecule has 0 radical (unpaired) electrons. The van der Waals surface area contributed by atoms with E-state index in [1.807, 2.05) is 30.8 Å². The van der Waals surface area contributed by atoms with Crippen LogP contribution in [0.25, 0.3) is 0 Å². The standard InChI is InChI=1S/C16H22BrNO2S/c1-3-18-16(15(19)20-2)10-6-7-12(11-16)21-14-9-5-4-8-13(14)17/h4-5,8-9,12,18H,3,6-7,10-11H2,1-2H3. The van der Waals surface area contributed by atoms with Gasteiger partial charge in [-0.05, 0) is 60.3 Å². The SMILES string of the molecule is CCNC1(C(=O)OC)CCCC(Sc2ccccc2Br)C1. The normalized spacial score (nSPS) is 25.6. The van der Waals surface area contributed by atoms with Crippen LogP contribution in [0.15, 0.2) is 33.6 Å². The molecule has 0 bridgehead atoms. The van der Waals surface area contributed by atoms with E-state index in [1.165, 1.54) is 12.0 Å². The summed E-state index contributed by atoms with van der Waals surface area (Å²) in [7, 11) is 1.48. The first-order chi connectivity index (χ1) is 10.1. The molecule has 2 unspecified atom stereocenters. The van der Waals surface area contributed by atoms with Gasteiger partial charge in [-0.25, -0.2) is 0 Å². The number of hydrogen-bond acceptors (Lipinski definition) is 4. The molecule has 1 aromatic rings. The molecule has 0 spiro atoms. The van der Waals surface area contributed by atoms with Gasteiger partial charge < -0.3 is 10.1 Å². The van der Waals surface area contributed by atoms with Crippen molar-refractivity contribution in [1.29, 1.82) is 0 Å². The van der Waals surface area contributed by atoms with Crippen LogP contribution >= 0.6 is 27.7 Å². The Labute approximate surface area is 139 Å². The molecule has 0 amide bonds. The summed E-state index contributed by atoms with van der Waals surface area (Å²) in [6.45, 7) is 2.82. The molecule has 0 heterocycles. The monoisotopic (exact) mass is 371 g/mol. The fourth-order valence-electron chi connectivity index (χ4n) is 3.00. The number of halogens is 1. The second-order valence-electron chi connectivity index (χ2n) is 5.37. The van der Waals surface area contributed by atoms with Gasteiger partial charge in [0.05, 0.1) is 7.11 Å². The lowest BCUT2D eigenvalue weighted by Crippen LogP contribution is -2.55. The van der Waals surface area contributed by atoms with E-state index >= 15 is 0 Å². The van der Waals surface area contributed by atoms with Crippen molar-refractivity contribution in [3.8, 4) is 0 Å². The van der Waals surface area contributed by atoms with Crippen molar-refractivity contribution in [2.75, 3.05) is 13.7 Å². The molecule has 5 heteroatoms. The first-order valence-corrected chi connectivity index (χ1v) is 9.03. The second kappa shape index (κ2) is 7.65. The van der Waals surface area contributed by atoms with Crippen LogP contribution in [0.4, 0.5) is 0 Å². The molecule has 0 saturated heterocycles. The molecule has 21 heavy (non-hydrogen) atoms. The fraction of sp³-hybridized carbons (Fsp3) is 0.562. The topological polar surface area (TPSA) is 38.3 Å². The second-order valence-corrected chi connectivity index (χ2v) is 7.57. The van der Waals surface area contributed by atoms with Gasteiger partial charge in [-0.3, -0.25) is 4.79 Å². The van der Waals surface area contributed by atoms with E-state index in [0.29, 0.717) is 5.25 Å². The zero-order chi connectivity index (χ0) is 15.3. The summed E-state index contributed by atoms with van der Waals surface area (Å²) in [4.78, 5) is 13.5. The fourth-order valence-corrected chi connectivity index (χ4v) is 4.91. The van der Waals surface area contributed by atoms with Crippen LogP contribution in [0.2, 0.25) is 0 Å². The maximum Gasteiger partial charge on any atom is 0.326 e. The highest BCUT2D eigenvalue weighted by Gasteiger charge is 2.43. The van der Waals surface area contributed by atoms with Crippen LogP contribution in [-0.2, 0) is 9.53 Å². The summed E-state index contributed by atoms with van der Waals surface area (Å²) in [6, 6.07) is 8.25. The van der Waals surface area contributed by atoms with Gasteiger partial charge >= 0.3 is 5.97 Å². The van der Waals surface area contributed by atoms with E-state index in [-0.39, 0.29) is 5.97 Å². The number of nitrogens with one attached hydrogen (secondary N) is 1. The molecule has 1 aliphatic carbocycles. The van der Waals surface area contributed by atoms with Gasteiger partial charge in [0.25, 0.3) is 0 Å². The Morgan fingerprint density at radius 3 is 2.95 bits per heavy atom. The lowest BCUT2D eigenvalue weighted by Gasteiger charge is -2.39. The Morgan fingerprint density at radius 1 is 1.52 bits per heavy atom. The van der Waals surface area contributed by atoms with Crippen molar-refractivity contribution in [3.63, 3.8) is 0 Å². The van der Waals surface area contributed by atoms with Crippen LogP contribution < -0.4 is 5.32 Å². The number of benzene rings is 1. The average Bonchev–Trinajstić information content (AvgIpc) is 2.49. The highest BCUT2D eigenvalue weighted by atomic mass is 79.9. The molecule has 116 valence electrons. The summed E-state index contributed by atoms with van der Waals surface area (Å²) in [5.41, 5.74) is -0.513. The Hall–Kier alpha value is -0.520. The quantitative estimate of drug-likeness (QED) is 0.793. The summed E-state index contributed by atoms with van der Waals surface area (Å²) >= 11 is 5.45. The summed E-state index contributed by atoms with van der Waals surface area (Å²) in [6.07, 6.45) is 3.86. The van der Waals surface area contributed by atoms with Gasteiger partial charge in [0.1, 0.15) is 5.54 Å². The highest BCUT2D eigenvalue weighted by molar-refractivity contribution is 9.10. The molecule has 3 nitrogen and oxygen atoms in total. The molecular weight excluding hydrogens is 350 g/mol. The number of carbonyl (C=O) groups excluding carboxylic acids is 1. The molecule has 1 saturated carbocycles. The van der Waals surface area contributed by atoms with Gasteiger partial charge in [-0.2, -0.15) is 0 Å². The molecule has 0 aromatic heterocycles. The van der Waals surface area contributed by atoms with Crippen molar-refractivity contribution < 1.29 is 9.53 Å². The Kier molecular flexibility index (Phi) is 6.14. The number of hydrogen-bond donors (Lipinski definition) is 1. The molecule has 1 fully saturated rings. The minimum atomic E-state index is -0.513. The third-order valence-corrected chi connectivity index (χ3v) is 6.23. The number of likely N-dealkylation sites (N-methyl/N-ethyl adjacent to an activating group) is 1. The largest absolute Gasteiger partial charge is 0.468 e. The predicted octanol–water partition coefficient (Wildman–Crippen LogP) is 4.01. The van der Waals surface area contributed by atoms with Crippen LogP contribution in [0.1, 0.15) is 32.6 Å². The maximum atomic E-state index is 12.2. The van der Waals surface area contributed by atoms with E-state index in [0.717, 1.165) is 36.7 Å². The van der Waals surface area contributed by atoms with Gasteiger partial charge in [-0.1, -0.05) is 19.1 Å². The lowest BCUT2D eigenvalue weighted by molar-refractivity contribution is -0.150. The summed E-state index contributed by atoms with van der Waals surface area (Å²) in [5, 5.41) is 3.81. The number of ether oxygens (including phenoxy) is 1. The first-order valence-electron chi connectivity index (χ1n) is 7.36. The molecule has 0 aliphatic heterocycles. The number of esters is 1. The van der Waals surface area contributed by atoms with E-state index in [2.05, 4.69) is 33.4 Å². The van der Waals surface area contributed by atoms with Gasteiger partial charge in [-0.15, -0.1) is 11.8 Å². The van der Waals surface area contributed by atoms with Crippen molar-refractivity contribution in [3.05, 3.63) is 28.7 Å². The smallest absolute Gasteiger partial charge is 0.326 e. The molecule has 2 rings (SSSR count). The van der Waals surface area contributed by atoms with Gasteiger partial charge in [0, 0.05) is 14.6 Å². The number of thioether (sulfide) groups is 1. The van der Waals surface area contributed by atoms with Crippen LogP contribution in [0.3, 0.4) is 0 Å². The van der Waals surface area contributed by atoms with Crippen LogP contribution in [0, 0.1) is 0 Å². The molecule has 1 aliphatic rings. The van der Waals surface area contributed by atoms with Crippen molar-refractivity contribution in [1.82, 2.24) is 5.32 Å². The van der Waals surface area contributed by atoms with E-state index in [9.17, 15) is 4.79 Å². The zero-order valence-corrected chi connectivity index (χ0v) is 14.9. The Morgan fingerprint density at radius 2 is 2.29 bits per heavy atom. The zero-order valence-electron chi connectivity index (χ0n) is 12.5. The van der Waals surface area contributed by atoms with Crippen molar-refractivity contribution >= 4 is 33.7 Å². The van der Waals surface area contributed by atoms with Gasteiger partial charge in [0.2, 0.25) is 0 Å². The minimum Gasteiger partial charge on any atom is -0.468 e. The summed E-state index contributed by atoms with van der Waals surface area (Å²) < 4.78 is 6.17. The molecular formula is C16H22BrNO2S. The molecule has 2 atom stereocenters. The Balaban J connectivity index is 2.12. The van der Waals surface area contributed by atoms with E-state index in [4.69, 9.17) is 4.74 Å². The van der Waals surface area contributed by atoms with Gasteiger partial charge in [0.15, 0.2) is 0 Å². The summed E-state index contributed by atoms with van der Waals surface area (Å²) in [5.74, 6) is -0.123. The van der Waals surface area contributed by atoms with E-state index < -0.39 is 5.54 Å². The third kappa shape index (κ3) is 4.02. The average molecular weight is 372 g/mol. The van der Waals surface area contributed by atoms with Crippen LogP contribution in [-0.4, -0.2) is 30.4 Å². The number of methoxy groups -OCH3 is 1. The van der Waals surface area contributed by atoms with Crippen molar-refractivity contribution in [2.45, 2.75) is 48.3 Å². The minimum absolute atomic E-state index is 0.123. The number of rotatable bonds is 5. The van der Waals surface area contributed by atoms with Crippen molar-refractivity contribution in [2.24, 2.45) is 0 Å². The molecule has 1 N–H and O–H groups in total. The maximum absolute atomic E-state index is 12.2. The van der Waals surface area contributed by atoms with E-state index in [1.54, 1.807) is 0 Å². The predicted molar refractivity (Wildman–Crippen MR) is 90.7 cm³/mol. The highest BCUT2D eigenvalue weighted by Crippen LogP contribution is 2.40. The number of carbonyl (C=O) groups is 1. The molecule has 1 aromatic carbocycles. The first kappa shape index (κ1) is 16.8. The van der Waals surface area contributed by atoms with Crippen LogP contribution in [0.5, 0.6) is 0 Å². The Bertz CT molecular complexity index is 493.